The van der Waals surface area contributed by atoms with Crippen LogP contribution in [0.4, 0.5) is 5.13 Å². The molecule has 1 fully saturated rings. The fourth-order valence-electron chi connectivity index (χ4n) is 3.62. The number of likely N-dealkylation sites (tertiary alicyclic amines) is 1. The van der Waals surface area contributed by atoms with E-state index in [1.54, 1.807) is 13.0 Å². The van der Waals surface area contributed by atoms with E-state index < -0.39 is 0 Å². The van der Waals surface area contributed by atoms with Crippen molar-refractivity contribution in [2.75, 3.05) is 31.5 Å². The smallest absolute Gasteiger partial charge is 0.279 e. The second-order valence-electron chi connectivity index (χ2n) is 7.69. The average Bonchev–Trinajstić information content (AvgIpc) is 3.27. The van der Waals surface area contributed by atoms with Crippen molar-refractivity contribution in [3.63, 3.8) is 0 Å². The first kappa shape index (κ1) is 19.1. The number of anilines is 1. The summed E-state index contributed by atoms with van der Waals surface area (Å²) in [5, 5.41) is 7.08. The first-order valence-corrected chi connectivity index (χ1v) is 10.5. The highest BCUT2D eigenvalue weighted by Gasteiger charge is 2.26. The van der Waals surface area contributed by atoms with Crippen molar-refractivity contribution in [2.45, 2.75) is 39.7 Å². The largest absolute Gasteiger partial charge is 0.361 e. The molecule has 1 saturated heterocycles. The van der Waals surface area contributed by atoms with Crippen LogP contribution in [0.1, 0.15) is 46.6 Å². The lowest BCUT2D eigenvalue weighted by atomic mass is 9.99. The van der Waals surface area contributed by atoms with Gasteiger partial charge in [0, 0.05) is 43.5 Å². The highest BCUT2D eigenvalue weighted by atomic mass is 32.1. The van der Waals surface area contributed by atoms with Crippen LogP contribution in [-0.4, -0.2) is 57.9 Å². The Hall–Kier alpha value is -2.26. The molecule has 0 aliphatic carbocycles. The van der Waals surface area contributed by atoms with E-state index in [0.29, 0.717) is 29.9 Å². The molecule has 150 valence electrons. The number of amides is 2. The minimum absolute atomic E-state index is 0.217. The quantitative estimate of drug-likeness (QED) is 0.842. The lowest BCUT2D eigenvalue weighted by Crippen LogP contribution is -2.44. The molecular weight excluding hydrogens is 378 g/mol. The number of nitrogens with one attached hydrogen (secondary N) is 1. The van der Waals surface area contributed by atoms with E-state index in [2.05, 4.69) is 27.3 Å². The average molecular weight is 404 g/mol. The van der Waals surface area contributed by atoms with Crippen molar-refractivity contribution in [3.05, 3.63) is 28.1 Å². The predicted octanol–water partition coefficient (Wildman–Crippen LogP) is 2.31. The van der Waals surface area contributed by atoms with Crippen LogP contribution < -0.4 is 5.32 Å². The summed E-state index contributed by atoms with van der Waals surface area (Å²) in [6.45, 7) is 7.69. The molecule has 4 rings (SSSR count). The maximum absolute atomic E-state index is 12.6. The van der Waals surface area contributed by atoms with E-state index in [1.807, 2.05) is 4.90 Å². The molecule has 0 spiro atoms. The molecule has 0 saturated carbocycles. The number of hydrogen-bond acceptors (Lipinski definition) is 7. The predicted molar refractivity (Wildman–Crippen MR) is 105 cm³/mol. The van der Waals surface area contributed by atoms with Gasteiger partial charge in [0.2, 0.25) is 5.91 Å². The molecule has 28 heavy (non-hydrogen) atoms. The molecule has 2 aromatic rings. The third kappa shape index (κ3) is 4.25. The zero-order valence-corrected chi connectivity index (χ0v) is 17.0. The minimum atomic E-state index is -0.325. The third-order valence-electron chi connectivity index (χ3n) is 5.39. The molecule has 0 aromatic carbocycles. The molecule has 2 aliphatic heterocycles. The lowest BCUT2D eigenvalue weighted by Gasteiger charge is -2.33. The maximum atomic E-state index is 12.6. The highest BCUT2D eigenvalue weighted by molar-refractivity contribution is 7.15. The molecule has 2 aliphatic rings. The number of thiazole rings is 1. The fourth-order valence-corrected chi connectivity index (χ4v) is 4.67. The minimum Gasteiger partial charge on any atom is -0.361 e. The van der Waals surface area contributed by atoms with E-state index in [0.717, 1.165) is 49.5 Å². The van der Waals surface area contributed by atoms with Gasteiger partial charge < -0.3 is 9.42 Å². The Morgan fingerprint density at radius 1 is 1.32 bits per heavy atom. The van der Waals surface area contributed by atoms with Crippen LogP contribution in [0, 0.1) is 12.8 Å². The second kappa shape index (κ2) is 8.00. The van der Waals surface area contributed by atoms with Crippen molar-refractivity contribution in [1.82, 2.24) is 19.9 Å². The van der Waals surface area contributed by atoms with Gasteiger partial charge in [0.25, 0.3) is 5.91 Å². The third-order valence-corrected chi connectivity index (χ3v) is 6.38. The molecule has 2 aromatic heterocycles. The van der Waals surface area contributed by atoms with Gasteiger partial charge in [0.05, 0.1) is 12.2 Å². The number of carbonyl (C=O) groups excluding carboxylic acids is 2. The van der Waals surface area contributed by atoms with Gasteiger partial charge in [0.1, 0.15) is 5.76 Å². The van der Waals surface area contributed by atoms with Gasteiger partial charge in [-0.3, -0.25) is 19.8 Å². The first-order chi connectivity index (χ1) is 13.5. The topological polar surface area (TPSA) is 91.6 Å². The van der Waals surface area contributed by atoms with E-state index in [-0.39, 0.29) is 17.5 Å². The van der Waals surface area contributed by atoms with Crippen molar-refractivity contribution in [1.29, 1.82) is 0 Å². The summed E-state index contributed by atoms with van der Waals surface area (Å²) >= 11 is 1.46. The number of piperidine rings is 1. The summed E-state index contributed by atoms with van der Waals surface area (Å²) in [5.74, 6) is 1.20. The van der Waals surface area contributed by atoms with Gasteiger partial charge >= 0.3 is 0 Å². The van der Waals surface area contributed by atoms with Gasteiger partial charge in [-0.25, -0.2) is 4.98 Å². The summed E-state index contributed by atoms with van der Waals surface area (Å²) in [6, 6.07) is 1.59. The zero-order chi connectivity index (χ0) is 19.7. The van der Waals surface area contributed by atoms with Crippen LogP contribution in [0.5, 0.6) is 0 Å². The molecule has 1 N–H and O–H groups in total. The second-order valence-corrected chi connectivity index (χ2v) is 8.77. The van der Waals surface area contributed by atoms with Gasteiger partial charge in [-0.1, -0.05) is 12.1 Å². The molecule has 4 heterocycles. The SMILES string of the molecule is Cc1cc(C(=O)Nc2nc3c(s2)CN(CC(=O)N2CCC(C)CC2)CC3)no1. The molecule has 0 unspecified atom stereocenters. The number of hydrogen-bond donors (Lipinski definition) is 1. The Morgan fingerprint density at radius 3 is 2.82 bits per heavy atom. The summed E-state index contributed by atoms with van der Waals surface area (Å²) in [6.07, 6.45) is 2.98. The first-order valence-electron chi connectivity index (χ1n) is 9.71. The Bertz CT molecular complexity index is 869. The van der Waals surface area contributed by atoms with Gasteiger partial charge in [-0.15, -0.1) is 11.3 Å². The Labute approximate surface area is 167 Å². The number of nitrogens with zero attached hydrogens (tertiary/aromatic N) is 4. The number of aryl methyl sites for hydroxylation is 1. The molecule has 9 heteroatoms. The van der Waals surface area contributed by atoms with Gasteiger partial charge in [-0.05, 0) is 25.7 Å². The lowest BCUT2D eigenvalue weighted by molar-refractivity contribution is -0.134. The number of aromatic nitrogens is 2. The molecule has 0 atom stereocenters. The summed E-state index contributed by atoms with van der Waals surface area (Å²) in [7, 11) is 0. The summed E-state index contributed by atoms with van der Waals surface area (Å²) < 4.78 is 4.94. The molecular formula is C19H25N5O3S. The van der Waals surface area contributed by atoms with Crippen molar-refractivity contribution in [3.8, 4) is 0 Å². The van der Waals surface area contributed by atoms with Gasteiger partial charge in [-0.2, -0.15) is 0 Å². The van der Waals surface area contributed by atoms with Gasteiger partial charge in [0.15, 0.2) is 10.8 Å². The summed E-state index contributed by atoms with van der Waals surface area (Å²) in [5.41, 5.74) is 1.25. The Kier molecular flexibility index (Phi) is 5.45. The molecule has 0 radical (unpaired) electrons. The van der Waals surface area contributed by atoms with E-state index in [9.17, 15) is 9.59 Å². The van der Waals surface area contributed by atoms with Crippen molar-refractivity contribution in [2.24, 2.45) is 5.92 Å². The van der Waals surface area contributed by atoms with E-state index in [4.69, 9.17) is 4.52 Å². The monoisotopic (exact) mass is 403 g/mol. The van der Waals surface area contributed by atoms with Crippen molar-refractivity contribution >= 4 is 28.3 Å². The standard InChI is InChI=1S/C19H25N5O3S/c1-12-3-7-24(8-4-12)17(25)11-23-6-5-14-16(10-23)28-19(20-14)21-18(26)15-9-13(2)27-22-15/h9,12H,3-8,10-11H2,1-2H3,(H,20,21,26). The van der Waals surface area contributed by atoms with E-state index in [1.165, 1.54) is 11.3 Å². The maximum Gasteiger partial charge on any atom is 0.279 e. The van der Waals surface area contributed by atoms with E-state index >= 15 is 0 Å². The fraction of sp³-hybridized carbons (Fsp3) is 0.579. The normalized spacial score (nSPS) is 18.1. The molecule has 2 amide bonds. The highest BCUT2D eigenvalue weighted by Crippen LogP contribution is 2.28. The van der Waals surface area contributed by atoms with Crippen molar-refractivity contribution < 1.29 is 14.1 Å². The van der Waals surface area contributed by atoms with Crippen LogP contribution >= 0.6 is 11.3 Å². The molecule has 0 bridgehead atoms. The Morgan fingerprint density at radius 2 is 2.11 bits per heavy atom. The van der Waals surface area contributed by atoms with Crippen LogP contribution in [0.15, 0.2) is 10.6 Å². The van der Waals surface area contributed by atoms with Crippen LogP contribution in [0.3, 0.4) is 0 Å². The number of fused-ring (bicyclic) bond motifs is 1. The summed E-state index contributed by atoms with van der Waals surface area (Å²) in [4.78, 5) is 34.6. The molecule has 8 nitrogen and oxygen atoms in total. The zero-order valence-electron chi connectivity index (χ0n) is 16.2. The number of carbonyl (C=O) groups is 2. The number of rotatable bonds is 4. The van der Waals surface area contributed by atoms with Crippen LogP contribution in [0.25, 0.3) is 0 Å². The Balaban J connectivity index is 1.34. The van der Waals surface area contributed by atoms with Crippen LogP contribution in [0.2, 0.25) is 0 Å². The van der Waals surface area contributed by atoms with Crippen LogP contribution in [-0.2, 0) is 17.8 Å².